The highest BCUT2D eigenvalue weighted by atomic mass is 79.9. The summed E-state index contributed by atoms with van der Waals surface area (Å²) in [6.07, 6.45) is 1.07. The van der Waals surface area contributed by atoms with E-state index in [9.17, 15) is 0 Å². The van der Waals surface area contributed by atoms with E-state index >= 15 is 0 Å². The molecule has 0 aliphatic heterocycles. The van der Waals surface area contributed by atoms with Gasteiger partial charge in [0.15, 0.2) is 11.5 Å². The van der Waals surface area contributed by atoms with Crippen LogP contribution in [0.3, 0.4) is 0 Å². The first kappa shape index (κ1) is 16.3. The van der Waals surface area contributed by atoms with Crippen LogP contribution in [0.4, 0.5) is 0 Å². The second kappa shape index (κ2) is 7.15. The standard InChI is InChI=1S/C15H24BrNO2/c1-6-15(3,4)17-10-11-12(16)8-9-13(18-5)14(11)19-7-2/h8-9,17H,6-7,10H2,1-5H3. The summed E-state index contributed by atoms with van der Waals surface area (Å²) in [5, 5.41) is 3.55. The van der Waals surface area contributed by atoms with Crippen molar-refractivity contribution < 1.29 is 9.47 Å². The summed E-state index contributed by atoms with van der Waals surface area (Å²) in [5.41, 5.74) is 1.20. The fraction of sp³-hybridized carbons (Fsp3) is 0.600. The minimum Gasteiger partial charge on any atom is -0.493 e. The molecule has 0 unspecified atom stereocenters. The molecule has 3 nitrogen and oxygen atoms in total. The van der Waals surface area contributed by atoms with Crippen molar-refractivity contribution in [3.63, 3.8) is 0 Å². The summed E-state index contributed by atoms with van der Waals surface area (Å²) in [4.78, 5) is 0. The van der Waals surface area contributed by atoms with Gasteiger partial charge in [-0.25, -0.2) is 0 Å². The Morgan fingerprint density at radius 3 is 2.47 bits per heavy atom. The van der Waals surface area contributed by atoms with Crippen LogP contribution < -0.4 is 14.8 Å². The van der Waals surface area contributed by atoms with Crippen molar-refractivity contribution in [2.24, 2.45) is 0 Å². The van der Waals surface area contributed by atoms with Crippen LogP contribution in [0.15, 0.2) is 16.6 Å². The molecule has 108 valence electrons. The van der Waals surface area contributed by atoms with Gasteiger partial charge in [0.25, 0.3) is 0 Å². The predicted octanol–water partition coefficient (Wildman–Crippen LogP) is 4.13. The number of ether oxygens (including phenoxy) is 2. The third kappa shape index (κ3) is 4.39. The van der Waals surface area contributed by atoms with Crippen LogP contribution in [0.5, 0.6) is 11.5 Å². The van der Waals surface area contributed by atoms with Crippen LogP contribution in [0.25, 0.3) is 0 Å². The zero-order valence-electron chi connectivity index (χ0n) is 12.5. The van der Waals surface area contributed by atoms with E-state index in [4.69, 9.17) is 9.47 Å². The van der Waals surface area contributed by atoms with Crippen molar-refractivity contribution in [1.82, 2.24) is 5.32 Å². The zero-order valence-corrected chi connectivity index (χ0v) is 14.1. The van der Waals surface area contributed by atoms with E-state index in [2.05, 4.69) is 42.0 Å². The van der Waals surface area contributed by atoms with E-state index < -0.39 is 0 Å². The summed E-state index contributed by atoms with van der Waals surface area (Å²) < 4.78 is 12.2. The Kier molecular flexibility index (Phi) is 6.14. The van der Waals surface area contributed by atoms with Crippen LogP contribution in [-0.4, -0.2) is 19.3 Å². The highest BCUT2D eigenvalue weighted by Crippen LogP contribution is 2.36. The van der Waals surface area contributed by atoms with Crippen LogP contribution in [-0.2, 0) is 6.54 Å². The highest BCUT2D eigenvalue weighted by Gasteiger charge is 2.18. The number of benzene rings is 1. The predicted molar refractivity (Wildman–Crippen MR) is 83.1 cm³/mol. The van der Waals surface area contributed by atoms with Gasteiger partial charge in [-0.3, -0.25) is 0 Å². The third-order valence-corrected chi connectivity index (χ3v) is 4.05. The molecule has 1 rings (SSSR count). The molecule has 0 radical (unpaired) electrons. The van der Waals surface area contributed by atoms with Gasteiger partial charge in [-0.15, -0.1) is 0 Å². The molecule has 4 heteroatoms. The van der Waals surface area contributed by atoms with Gasteiger partial charge in [-0.05, 0) is 39.3 Å². The third-order valence-electron chi connectivity index (χ3n) is 3.30. The van der Waals surface area contributed by atoms with E-state index in [-0.39, 0.29) is 5.54 Å². The normalized spacial score (nSPS) is 11.5. The SMILES string of the molecule is CCOc1c(OC)ccc(Br)c1CNC(C)(C)CC. The lowest BCUT2D eigenvalue weighted by Gasteiger charge is -2.26. The summed E-state index contributed by atoms with van der Waals surface area (Å²) in [6, 6.07) is 3.92. The fourth-order valence-electron chi connectivity index (χ4n) is 1.66. The molecule has 0 amide bonds. The summed E-state index contributed by atoms with van der Waals surface area (Å²) in [7, 11) is 1.67. The lowest BCUT2D eigenvalue weighted by Crippen LogP contribution is -2.38. The second-order valence-electron chi connectivity index (χ2n) is 5.08. The minimum absolute atomic E-state index is 0.103. The first-order valence-corrected chi connectivity index (χ1v) is 7.47. The molecular weight excluding hydrogens is 306 g/mol. The number of methoxy groups -OCH3 is 1. The number of hydrogen-bond donors (Lipinski definition) is 1. The Labute approximate surface area is 124 Å². The Bertz CT molecular complexity index is 419. The van der Waals surface area contributed by atoms with E-state index in [1.54, 1.807) is 7.11 Å². The fourth-order valence-corrected chi connectivity index (χ4v) is 2.12. The molecule has 0 fully saturated rings. The van der Waals surface area contributed by atoms with Gasteiger partial charge in [-0.2, -0.15) is 0 Å². The van der Waals surface area contributed by atoms with Gasteiger partial charge >= 0.3 is 0 Å². The lowest BCUT2D eigenvalue weighted by atomic mass is 10.0. The molecule has 0 aliphatic rings. The van der Waals surface area contributed by atoms with Crippen LogP contribution in [0.2, 0.25) is 0 Å². The molecule has 0 saturated heterocycles. The quantitative estimate of drug-likeness (QED) is 0.815. The zero-order chi connectivity index (χ0) is 14.5. The molecule has 0 aromatic heterocycles. The Morgan fingerprint density at radius 2 is 1.95 bits per heavy atom. The smallest absolute Gasteiger partial charge is 0.166 e. The first-order chi connectivity index (χ1) is 8.95. The maximum absolute atomic E-state index is 5.74. The molecule has 1 aromatic carbocycles. The van der Waals surface area contributed by atoms with Gasteiger partial charge in [0, 0.05) is 22.1 Å². The van der Waals surface area contributed by atoms with Crippen molar-refractivity contribution in [1.29, 1.82) is 0 Å². The summed E-state index contributed by atoms with van der Waals surface area (Å²) in [5.74, 6) is 1.59. The van der Waals surface area contributed by atoms with Crippen molar-refractivity contribution in [3.8, 4) is 11.5 Å². The Balaban J connectivity index is 3.03. The Morgan fingerprint density at radius 1 is 1.26 bits per heavy atom. The lowest BCUT2D eigenvalue weighted by molar-refractivity contribution is 0.302. The van der Waals surface area contributed by atoms with Gasteiger partial charge in [0.1, 0.15) is 0 Å². The van der Waals surface area contributed by atoms with Crippen LogP contribution in [0, 0.1) is 0 Å². The molecule has 0 atom stereocenters. The minimum atomic E-state index is 0.103. The molecule has 19 heavy (non-hydrogen) atoms. The van der Waals surface area contributed by atoms with Gasteiger partial charge in [-0.1, -0.05) is 22.9 Å². The van der Waals surface area contributed by atoms with Gasteiger partial charge in [0.2, 0.25) is 0 Å². The summed E-state index contributed by atoms with van der Waals surface area (Å²) in [6.45, 7) is 9.92. The molecule has 0 bridgehead atoms. The number of hydrogen-bond acceptors (Lipinski definition) is 3. The van der Waals surface area contributed by atoms with E-state index in [0.29, 0.717) is 6.61 Å². The van der Waals surface area contributed by atoms with Crippen LogP contribution in [0.1, 0.15) is 39.7 Å². The molecule has 1 N–H and O–H groups in total. The maximum Gasteiger partial charge on any atom is 0.166 e. The van der Waals surface area contributed by atoms with Gasteiger partial charge in [0.05, 0.1) is 13.7 Å². The van der Waals surface area contributed by atoms with E-state index in [1.165, 1.54) is 0 Å². The average molecular weight is 330 g/mol. The molecule has 1 aromatic rings. The monoisotopic (exact) mass is 329 g/mol. The Hall–Kier alpha value is -0.740. The molecule has 0 saturated carbocycles. The molecule has 0 heterocycles. The molecule has 0 aliphatic carbocycles. The van der Waals surface area contributed by atoms with Crippen molar-refractivity contribution in [3.05, 3.63) is 22.2 Å². The number of halogens is 1. The number of nitrogens with one attached hydrogen (secondary N) is 1. The first-order valence-electron chi connectivity index (χ1n) is 6.68. The van der Waals surface area contributed by atoms with Crippen molar-refractivity contribution >= 4 is 15.9 Å². The average Bonchev–Trinajstić information content (AvgIpc) is 2.39. The van der Waals surface area contributed by atoms with E-state index in [0.717, 1.165) is 34.5 Å². The maximum atomic E-state index is 5.74. The van der Waals surface area contributed by atoms with Crippen molar-refractivity contribution in [2.45, 2.75) is 46.2 Å². The highest BCUT2D eigenvalue weighted by molar-refractivity contribution is 9.10. The van der Waals surface area contributed by atoms with Gasteiger partial charge < -0.3 is 14.8 Å². The van der Waals surface area contributed by atoms with E-state index in [1.807, 2.05) is 19.1 Å². The van der Waals surface area contributed by atoms with Crippen LogP contribution >= 0.6 is 15.9 Å². The number of rotatable bonds is 7. The molecular formula is C15H24BrNO2. The second-order valence-corrected chi connectivity index (χ2v) is 5.94. The largest absolute Gasteiger partial charge is 0.493 e. The summed E-state index contributed by atoms with van der Waals surface area (Å²) >= 11 is 3.59. The topological polar surface area (TPSA) is 30.5 Å². The molecule has 0 spiro atoms. The van der Waals surface area contributed by atoms with Crippen molar-refractivity contribution in [2.75, 3.05) is 13.7 Å².